The smallest absolute Gasteiger partial charge is 0.264 e. The second-order valence-corrected chi connectivity index (χ2v) is 13.1. The first-order chi connectivity index (χ1) is 22.0. The number of ether oxygens (including phenoxy) is 1. The first-order valence-corrected chi connectivity index (χ1v) is 16.6. The van der Waals surface area contributed by atoms with E-state index in [1.165, 1.54) is 48.4 Å². The van der Waals surface area contributed by atoms with Crippen molar-refractivity contribution in [2.24, 2.45) is 0 Å². The van der Waals surface area contributed by atoms with Crippen LogP contribution in [0.1, 0.15) is 37.0 Å². The highest BCUT2D eigenvalue weighted by atomic mass is 32.2. The van der Waals surface area contributed by atoms with Crippen molar-refractivity contribution in [3.8, 4) is 5.75 Å². The number of carbonyl (C=O) groups is 2. The summed E-state index contributed by atoms with van der Waals surface area (Å²) < 4.78 is 48.4. The van der Waals surface area contributed by atoms with Crippen LogP contribution in [0.5, 0.6) is 5.75 Å². The highest BCUT2D eigenvalue weighted by Gasteiger charge is 2.35. The molecule has 0 saturated carbocycles. The predicted molar refractivity (Wildman–Crippen MR) is 177 cm³/mol. The van der Waals surface area contributed by atoms with Gasteiger partial charge in [-0.2, -0.15) is 0 Å². The molecule has 0 aliphatic rings. The van der Waals surface area contributed by atoms with Gasteiger partial charge in [-0.3, -0.25) is 13.9 Å². The molecule has 4 rings (SSSR count). The zero-order valence-electron chi connectivity index (χ0n) is 26.5. The molecule has 4 aromatic rings. The van der Waals surface area contributed by atoms with Crippen molar-refractivity contribution < 1.29 is 27.1 Å². The van der Waals surface area contributed by atoms with Crippen LogP contribution in [0.3, 0.4) is 0 Å². The molecule has 2 atom stereocenters. The van der Waals surface area contributed by atoms with E-state index in [1.807, 2.05) is 51.1 Å². The summed E-state index contributed by atoms with van der Waals surface area (Å²) in [5.41, 5.74) is 2.62. The fraction of sp³-hybridized carbons (Fsp3) is 0.278. The summed E-state index contributed by atoms with van der Waals surface area (Å²) in [6.07, 6.45) is 0.864. The number of sulfonamides is 1. The number of aryl methyl sites for hydroxylation is 1. The maximum Gasteiger partial charge on any atom is 0.264 e. The van der Waals surface area contributed by atoms with Gasteiger partial charge in [0.05, 0.1) is 17.7 Å². The van der Waals surface area contributed by atoms with Crippen LogP contribution in [0.4, 0.5) is 10.1 Å². The molecular weight excluding hydrogens is 605 g/mol. The first kappa shape index (κ1) is 34.2. The van der Waals surface area contributed by atoms with E-state index in [9.17, 15) is 22.4 Å². The molecule has 0 heterocycles. The third-order valence-corrected chi connectivity index (χ3v) is 9.57. The summed E-state index contributed by atoms with van der Waals surface area (Å²) in [5.74, 6) is -0.914. The number of benzene rings is 4. The molecule has 4 aromatic carbocycles. The van der Waals surface area contributed by atoms with Gasteiger partial charge in [-0.1, -0.05) is 67.1 Å². The van der Waals surface area contributed by atoms with Gasteiger partial charge in [0.25, 0.3) is 10.0 Å². The first-order valence-electron chi connectivity index (χ1n) is 15.1. The van der Waals surface area contributed by atoms with Crippen molar-refractivity contribution in [3.05, 3.63) is 126 Å². The van der Waals surface area contributed by atoms with E-state index >= 15 is 0 Å². The van der Waals surface area contributed by atoms with Crippen molar-refractivity contribution in [2.45, 2.75) is 57.1 Å². The molecule has 0 unspecified atom stereocenters. The van der Waals surface area contributed by atoms with E-state index in [0.29, 0.717) is 23.4 Å². The van der Waals surface area contributed by atoms with Gasteiger partial charge in [-0.15, -0.1) is 0 Å². The second-order valence-electron chi connectivity index (χ2n) is 11.2. The molecule has 0 fully saturated rings. The third kappa shape index (κ3) is 8.72. The number of hydrogen-bond donors (Lipinski definition) is 1. The van der Waals surface area contributed by atoms with Crippen LogP contribution in [0.2, 0.25) is 0 Å². The number of methoxy groups -OCH3 is 1. The average molecular weight is 646 g/mol. The van der Waals surface area contributed by atoms with Gasteiger partial charge in [0.1, 0.15) is 24.2 Å². The quantitative estimate of drug-likeness (QED) is 0.185. The second kappa shape index (κ2) is 15.5. The standard InChI is InChI=1S/C36H40FN3O5S/c1-5-27(3)38-36(42)34(23-28-9-7-6-8-10-28)39(24-29-13-15-30(37)16-14-29)35(41)25-40(31-17-11-26(2)12-18-31)46(43,44)33-21-19-32(45-4)20-22-33/h6-22,27,34H,5,23-25H2,1-4H3,(H,38,42)/t27-,34-/m1/s1. The lowest BCUT2D eigenvalue weighted by Gasteiger charge is -2.34. The number of carbonyl (C=O) groups excluding carboxylic acids is 2. The van der Waals surface area contributed by atoms with Crippen molar-refractivity contribution in [3.63, 3.8) is 0 Å². The van der Waals surface area contributed by atoms with Crippen molar-refractivity contribution >= 4 is 27.5 Å². The van der Waals surface area contributed by atoms with Crippen LogP contribution in [-0.4, -0.2) is 50.9 Å². The van der Waals surface area contributed by atoms with Gasteiger partial charge in [0.15, 0.2) is 0 Å². The zero-order chi connectivity index (χ0) is 33.3. The van der Waals surface area contributed by atoms with Gasteiger partial charge in [0.2, 0.25) is 11.8 Å². The van der Waals surface area contributed by atoms with Crippen LogP contribution >= 0.6 is 0 Å². The Kier molecular flexibility index (Phi) is 11.5. The zero-order valence-corrected chi connectivity index (χ0v) is 27.3. The van der Waals surface area contributed by atoms with E-state index in [4.69, 9.17) is 4.74 Å². The summed E-state index contributed by atoms with van der Waals surface area (Å²) in [4.78, 5) is 29.7. The number of halogens is 1. The lowest BCUT2D eigenvalue weighted by molar-refractivity contribution is -0.140. The van der Waals surface area contributed by atoms with Gasteiger partial charge in [0, 0.05) is 19.0 Å². The lowest BCUT2D eigenvalue weighted by atomic mass is 10.0. The summed E-state index contributed by atoms with van der Waals surface area (Å²) in [6, 6.07) is 26.6. The monoisotopic (exact) mass is 645 g/mol. The molecule has 1 N–H and O–H groups in total. The molecule has 0 radical (unpaired) electrons. The van der Waals surface area contributed by atoms with Crippen LogP contribution in [0.15, 0.2) is 108 Å². The van der Waals surface area contributed by atoms with E-state index in [1.54, 1.807) is 36.4 Å². The van der Waals surface area contributed by atoms with Crippen LogP contribution in [0.25, 0.3) is 0 Å². The molecule has 2 amide bonds. The molecule has 0 aromatic heterocycles. The van der Waals surface area contributed by atoms with Gasteiger partial charge in [-0.05, 0) is 79.9 Å². The fourth-order valence-electron chi connectivity index (χ4n) is 4.90. The van der Waals surface area contributed by atoms with Crippen molar-refractivity contribution in [2.75, 3.05) is 18.0 Å². The minimum atomic E-state index is -4.25. The molecule has 0 aliphatic carbocycles. The highest BCUT2D eigenvalue weighted by Crippen LogP contribution is 2.27. The van der Waals surface area contributed by atoms with E-state index in [2.05, 4.69) is 5.32 Å². The molecule has 0 saturated heterocycles. The molecule has 10 heteroatoms. The minimum absolute atomic E-state index is 0.0258. The number of nitrogens with zero attached hydrogens (tertiary/aromatic N) is 2. The third-order valence-electron chi connectivity index (χ3n) is 7.79. The summed E-state index contributed by atoms with van der Waals surface area (Å²) in [6.45, 7) is 5.08. The number of nitrogens with one attached hydrogen (secondary N) is 1. The topological polar surface area (TPSA) is 96.0 Å². The summed E-state index contributed by atoms with van der Waals surface area (Å²) in [7, 11) is -2.76. The molecule has 8 nitrogen and oxygen atoms in total. The Balaban J connectivity index is 1.80. The Hall–Kier alpha value is -4.70. The molecule has 46 heavy (non-hydrogen) atoms. The number of amides is 2. The van der Waals surface area contributed by atoms with Gasteiger partial charge in [-0.25, -0.2) is 12.8 Å². The Morgan fingerprint density at radius 2 is 1.50 bits per heavy atom. The Morgan fingerprint density at radius 1 is 0.870 bits per heavy atom. The molecule has 0 bridgehead atoms. The van der Waals surface area contributed by atoms with E-state index in [-0.39, 0.29) is 29.8 Å². The van der Waals surface area contributed by atoms with Crippen molar-refractivity contribution in [1.29, 1.82) is 0 Å². The SMILES string of the molecule is CC[C@@H](C)NC(=O)[C@@H](Cc1ccccc1)N(Cc1ccc(F)cc1)C(=O)CN(c1ccc(C)cc1)S(=O)(=O)c1ccc(OC)cc1. The highest BCUT2D eigenvalue weighted by molar-refractivity contribution is 7.92. The van der Waals surface area contributed by atoms with Gasteiger partial charge >= 0.3 is 0 Å². The lowest BCUT2D eigenvalue weighted by Crippen LogP contribution is -2.54. The Morgan fingerprint density at radius 3 is 2.09 bits per heavy atom. The van der Waals surface area contributed by atoms with Crippen LogP contribution in [-0.2, 0) is 32.6 Å². The maximum absolute atomic E-state index is 14.5. The fourth-order valence-corrected chi connectivity index (χ4v) is 6.31. The largest absolute Gasteiger partial charge is 0.497 e. The minimum Gasteiger partial charge on any atom is -0.497 e. The van der Waals surface area contributed by atoms with Crippen LogP contribution in [0, 0.1) is 12.7 Å². The Labute approximate surface area is 270 Å². The van der Waals surface area contributed by atoms with Crippen molar-refractivity contribution in [1.82, 2.24) is 10.2 Å². The number of anilines is 1. The Bertz CT molecular complexity index is 1700. The molecule has 0 spiro atoms. The molecule has 0 aliphatic heterocycles. The van der Waals surface area contributed by atoms with E-state index in [0.717, 1.165) is 15.4 Å². The van der Waals surface area contributed by atoms with Gasteiger partial charge < -0.3 is 15.0 Å². The molecule has 242 valence electrons. The van der Waals surface area contributed by atoms with E-state index < -0.39 is 34.3 Å². The number of hydrogen-bond acceptors (Lipinski definition) is 5. The average Bonchev–Trinajstić information content (AvgIpc) is 3.06. The molecular formula is C36H40FN3O5S. The van der Waals surface area contributed by atoms with Crippen LogP contribution < -0.4 is 14.4 Å². The normalized spacial score (nSPS) is 12.5. The predicted octanol–water partition coefficient (Wildman–Crippen LogP) is 5.89. The maximum atomic E-state index is 14.5. The number of rotatable bonds is 14. The summed E-state index contributed by atoms with van der Waals surface area (Å²) >= 11 is 0. The summed E-state index contributed by atoms with van der Waals surface area (Å²) in [5, 5.41) is 3.00.